The second-order valence-electron chi connectivity index (χ2n) is 6.18. The summed E-state index contributed by atoms with van der Waals surface area (Å²) in [5.41, 5.74) is 3.42. The molecule has 106 valence electrons. The smallest absolute Gasteiger partial charge is 0.265 e. The van der Waals surface area contributed by atoms with Crippen LogP contribution in [-0.2, 0) is 4.79 Å². The monoisotopic (exact) mass is 280 g/mol. The Morgan fingerprint density at radius 1 is 1.21 bits per heavy atom. The number of amides is 1. The van der Waals surface area contributed by atoms with Crippen LogP contribution in [0, 0.1) is 13.8 Å². The summed E-state index contributed by atoms with van der Waals surface area (Å²) in [4.78, 5) is 12.6. The van der Waals surface area contributed by atoms with Crippen LogP contribution in [0.4, 0.5) is 5.69 Å². The second-order valence-corrected chi connectivity index (χ2v) is 11.0. The van der Waals surface area contributed by atoms with E-state index in [1.165, 1.54) is 0 Å². The van der Waals surface area contributed by atoms with Crippen LogP contribution < -0.4 is 5.32 Å². The molecule has 1 rings (SSSR count). The number of hydrogen-bond donors (Lipinski definition) is 1. The minimum atomic E-state index is -1.18. The molecule has 0 heterocycles. The van der Waals surface area contributed by atoms with Gasteiger partial charge in [-0.3, -0.25) is 4.79 Å². The number of carbonyl (C=O) groups is 1. The summed E-state index contributed by atoms with van der Waals surface area (Å²) in [6, 6.07) is 6.12. The van der Waals surface area contributed by atoms with Crippen molar-refractivity contribution in [3.05, 3.63) is 29.3 Å². The molecule has 3 heteroatoms. The fraction of sp³-hybridized carbons (Fsp3) is 0.562. The fourth-order valence-corrected chi connectivity index (χ4v) is 4.16. The van der Waals surface area contributed by atoms with Gasteiger partial charge in [0.25, 0.3) is 5.91 Å². The van der Waals surface area contributed by atoms with E-state index in [1.807, 2.05) is 32.0 Å². The maximum atomic E-state index is 12.6. The van der Waals surface area contributed by atoms with Crippen LogP contribution >= 0.6 is 7.26 Å². The highest BCUT2D eigenvalue weighted by Crippen LogP contribution is 2.54. The SMILES string of the molecule is CCCC(C(=O)Nc1c(C)cccc1C)[P+](C)(C)C. The summed E-state index contributed by atoms with van der Waals surface area (Å²) in [6.45, 7) is 13.0. The Kier molecular flexibility index (Phi) is 5.55. The summed E-state index contributed by atoms with van der Waals surface area (Å²) in [7, 11) is -1.18. The first-order valence-corrected chi connectivity index (χ1v) is 10.2. The normalized spacial score (nSPS) is 13.2. The van der Waals surface area contributed by atoms with Crippen LogP contribution in [-0.4, -0.2) is 31.6 Å². The van der Waals surface area contributed by atoms with Crippen LogP contribution in [0.25, 0.3) is 0 Å². The van der Waals surface area contributed by atoms with Crippen LogP contribution in [0.5, 0.6) is 0 Å². The lowest BCUT2D eigenvalue weighted by Gasteiger charge is -2.24. The first-order chi connectivity index (χ1) is 8.77. The average Bonchev–Trinajstić information content (AvgIpc) is 2.29. The third kappa shape index (κ3) is 4.31. The number of hydrogen-bond acceptors (Lipinski definition) is 1. The minimum absolute atomic E-state index is 0.163. The highest BCUT2D eigenvalue weighted by atomic mass is 31.2. The van der Waals surface area contributed by atoms with Gasteiger partial charge in [0.2, 0.25) is 0 Å². The number of carbonyl (C=O) groups excluding carboxylic acids is 1. The maximum absolute atomic E-state index is 12.6. The van der Waals surface area contributed by atoms with E-state index in [1.54, 1.807) is 0 Å². The van der Waals surface area contributed by atoms with Gasteiger partial charge in [-0.05, 0) is 31.4 Å². The highest BCUT2D eigenvalue weighted by molar-refractivity contribution is 7.75. The Morgan fingerprint density at radius 2 is 1.74 bits per heavy atom. The molecule has 1 atom stereocenters. The van der Waals surface area contributed by atoms with E-state index < -0.39 is 7.26 Å². The molecule has 1 aromatic rings. The van der Waals surface area contributed by atoms with Gasteiger partial charge in [0.1, 0.15) is 5.66 Å². The molecule has 0 spiro atoms. The third-order valence-electron chi connectivity index (χ3n) is 3.53. The molecule has 0 aromatic heterocycles. The number of para-hydroxylation sites is 1. The molecule has 0 bridgehead atoms. The zero-order chi connectivity index (χ0) is 14.6. The van der Waals surface area contributed by atoms with Crippen molar-refractivity contribution < 1.29 is 4.79 Å². The van der Waals surface area contributed by atoms with Crippen molar-refractivity contribution in [3.63, 3.8) is 0 Å². The van der Waals surface area contributed by atoms with Crippen molar-refractivity contribution in [1.82, 2.24) is 0 Å². The molecule has 1 amide bonds. The van der Waals surface area contributed by atoms with E-state index in [4.69, 9.17) is 0 Å². The van der Waals surface area contributed by atoms with Gasteiger partial charge in [-0.2, -0.15) is 0 Å². The van der Waals surface area contributed by atoms with Crippen LogP contribution in [0.1, 0.15) is 30.9 Å². The Hall–Kier alpha value is -0.880. The molecule has 0 aliphatic rings. The summed E-state index contributed by atoms with van der Waals surface area (Å²) < 4.78 is 0. The molecule has 0 fully saturated rings. The summed E-state index contributed by atoms with van der Waals surface area (Å²) in [5, 5.41) is 3.16. The molecule has 1 N–H and O–H groups in total. The largest absolute Gasteiger partial charge is 0.322 e. The van der Waals surface area contributed by atoms with Gasteiger partial charge in [-0.1, -0.05) is 31.5 Å². The van der Waals surface area contributed by atoms with E-state index in [9.17, 15) is 4.79 Å². The lowest BCUT2D eigenvalue weighted by Crippen LogP contribution is -2.30. The van der Waals surface area contributed by atoms with E-state index >= 15 is 0 Å². The molecule has 0 saturated heterocycles. The molecule has 1 aromatic carbocycles. The van der Waals surface area contributed by atoms with Crippen LogP contribution in [0.15, 0.2) is 18.2 Å². The second kappa shape index (κ2) is 6.52. The molecular formula is C16H27NOP+. The average molecular weight is 280 g/mol. The molecule has 0 aliphatic heterocycles. The Labute approximate surface area is 118 Å². The zero-order valence-electron chi connectivity index (χ0n) is 13.1. The molecule has 0 aliphatic carbocycles. The predicted molar refractivity (Wildman–Crippen MR) is 87.9 cm³/mol. The third-order valence-corrected chi connectivity index (χ3v) is 5.89. The predicted octanol–water partition coefficient (Wildman–Crippen LogP) is 4.32. The van der Waals surface area contributed by atoms with Crippen LogP contribution in [0.3, 0.4) is 0 Å². The van der Waals surface area contributed by atoms with Gasteiger partial charge < -0.3 is 5.32 Å². The van der Waals surface area contributed by atoms with Crippen molar-refractivity contribution in [2.75, 3.05) is 25.3 Å². The number of benzene rings is 1. The first-order valence-electron chi connectivity index (χ1n) is 6.95. The van der Waals surface area contributed by atoms with Gasteiger partial charge in [-0.25, -0.2) is 0 Å². The Bertz CT molecular complexity index is 428. The van der Waals surface area contributed by atoms with E-state index in [-0.39, 0.29) is 11.6 Å². The number of rotatable bonds is 5. The van der Waals surface area contributed by atoms with Gasteiger partial charge in [0.15, 0.2) is 0 Å². The van der Waals surface area contributed by atoms with E-state index in [0.29, 0.717) is 0 Å². The maximum Gasteiger partial charge on any atom is 0.265 e. The summed E-state index contributed by atoms with van der Waals surface area (Å²) >= 11 is 0. The van der Waals surface area contributed by atoms with Crippen LogP contribution in [0.2, 0.25) is 0 Å². The van der Waals surface area contributed by atoms with Gasteiger partial charge in [0.05, 0.1) is 0 Å². The Balaban J connectivity index is 2.94. The number of aryl methyl sites for hydroxylation is 2. The minimum Gasteiger partial charge on any atom is -0.322 e. The Morgan fingerprint density at radius 3 is 2.16 bits per heavy atom. The molecule has 19 heavy (non-hydrogen) atoms. The molecule has 0 radical (unpaired) electrons. The summed E-state index contributed by atoms with van der Waals surface area (Å²) in [5.74, 6) is 0.195. The molecule has 1 unspecified atom stereocenters. The molecule has 2 nitrogen and oxygen atoms in total. The standard InChI is InChI=1S/C16H26NOP/c1-7-9-14(19(4,5)6)16(18)17-15-12(2)10-8-11-13(15)3/h8,10-11,14H,7,9H2,1-6H3/p+1. The highest BCUT2D eigenvalue weighted by Gasteiger charge is 2.36. The van der Waals surface area contributed by atoms with Gasteiger partial charge >= 0.3 is 0 Å². The van der Waals surface area contributed by atoms with Crippen molar-refractivity contribution >= 4 is 18.9 Å². The zero-order valence-corrected chi connectivity index (χ0v) is 14.0. The lowest BCUT2D eigenvalue weighted by atomic mass is 10.1. The van der Waals surface area contributed by atoms with Gasteiger partial charge in [0, 0.05) is 32.9 Å². The topological polar surface area (TPSA) is 29.1 Å². The lowest BCUT2D eigenvalue weighted by molar-refractivity contribution is -0.116. The molecular weight excluding hydrogens is 253 g/mol. The molecule has 0 saturated carbocycles. The van der Waals surface area contributed by atoms with E-state index in [0.717, 1.165) is 29.7 Å². The number of nitrogens with one attached hydrogen (secondary N) is 1. The summed E-state index contributed by atoms with van der Waals surface area (Å²) in [6.07, 6.45) is 2.04. The van der Waals surface area contributed by atoms with Crippen molar-refractivity contribution in [2.45, 2.75) is 39.3 Å². The number of anilines is 1. The van der Waals surface area contributed by atoms with Crippen molar-refractivity contribution in [1.29, 1.82) is 0 Å². The van der Waals surface area contributed by atoms with Gasteiger partial charge in [-0.15, -0.1) is 0 Å². The quantitative estimate of drug-likeness (QED) is 0.800. The van der Waals surface area contributed by atoms with E-state index in [2.05, 4.69) is 32.2 Å². The fourth-order valence-electron chi connectivity index (χ4n) is 2.36. The van der Waals surface area contributed by atoms with Crippen molar-refractivity contribution in [2.24, 2.45) is 0 Å². The van der Waals surface area contributed by atoms with Crippen molar-refractivity contribution in [3.8, 4) is 0 Å². The first kappa shape index (κ1) is 16.2.